The van der Waals surface area contributed by atoms with Crippen molar-refractivity contribution in [3.05, 3.63) is 42.0 Å². The van der Waals surface area contributed by atoms with Gasteiger partial charge in [-0.1, -0.05) is 0 Å². The quantitative estimate of drug-likeness (QED) is 0.457. The number of pyridine rings is 1. The summed E-state index contributed by atoms with van der Waals surface area (Å²) in [6, 6.07) is 1.19. The Labute approximate surface area is 186 Å². The lowest BCUT2D eigenvalue weighted by molar-refractivity contribution is -0.0380. The van der Waals surface area contributed by atoms with Crippen molar-refractivity contribution in [3.8, 4) is 17.0 Å². The molecule has 172 valence electrons. The summed E-state index contributed by atoms with van der Waals surface area (Å²) in [6.45, 7) is 3.29. The highest BCUT2D eigenvalue weighted by Crippen LogP contribution is 2.35. The average molecular weight is 457 g/mol. The van der Waals surface area contributed by atoms with Crippen molar-refractivity contribution in [2.75, 3.05) is 32.7 Å². The van der Waals surface area contributed by atoms with Gasteiger partial charge < -0.3 is 20.1 Å². The number of nitrogens with zero attached hydrogens (tertiary/aromatic N) is 5. The van der Waals surface area contributed by atoms with Crippen LogP contribution in [-0.4, -0.2) is 63.3 Å². The van der Waals surface area contributed by atoms with Gasteiger partial charge in [0.05, 0.1) is 38.3 Å². The molecule has 0 aliphatic carbocycles. The molecule has 0 spiro atoms. The minimum absolute atomic E-state index is 0.0381. The van der Waals surface area contributed by atoms with Crippen LogP contribution in [0.5, 0.6) is 5.88 Å². The summed E-state index contributed by atoms with van der Waals surface area (Å²) in [5, 5.41) is 10.0. The molecule has 4 aromatic heterocycles. The molecule has 1 atom stereocenters. The number of carbonyl (C=O) groups excluding carboxylic acids is 1. The fourth-order valence-electron chi connectivity index (χ4n) is 3.84. The van der Waals surface area contributed by atoms with Crippen LogP contribution < -0.4 is 15.4 Å². The number of amides is 1. The number of anilines is 1. The SMILES string of the molecule is CNC(=O)c1cnc2c(F)cc(-c3c(F)cn4nc(N[C@H](C)C5COC5)nc(OC)c34)cn12. The third-order valence-electron chi connectivity index (χ3n) is 5.78. The van der Waals surface area contributed by atoms with E-state index >= 15 is 4.39 Å². The van der Waals surface area contributed by atoms with E-state index in [1.54, 1.807) is 0 Å². The van der Waals surface area contributed by atoms with Crippen LogP contribution in [0.15, 0.2) is 24.7 Å². The number of aromatic nitrogens is 5. The van der Waals surface area contributed by atoms with Gasteiger partial charge in [-0.3, -0.25) is 9.20 Å². The molecule has 0 radical (unpaired) electrons. The van der Waals surface area contributed by atoms with Gasteiger partial charge in [0.25, 0.3) is 5.91 Å². The first-order chi connectivity index (χ1) is 15.9. The molecule has 4 aromatic rings. The number of ether oxygens (including phenoxy) is 2. The van der Waals surface area contributed by atoms with Crippen LogP contribution in [0.3, 0.4) is 0 Å². The van der Waals surface area contributed by atoms with Crippen molar-refractivity contribution in [3.63, 3.8) is 0 Å². The summed E-state index contributed by atoms with van der Waals surface area (Å²) in [5.74, 6) is -1.12. The lowest BCUT2D eigenvalue weighted by Gasteiger charge is -2.31. The van der Waals surface area contributed by atoms with E-state index in [9.17, 15) is 9.18 Å². The van der Waals surface area contributed by atoms with E-state index in [2.05, 4.69) is 25.7 Å². The number of methoxy groups -OCH3 is 1. The molecule has 5 rings (SSSR count). The van der Waals surface area contributed by atoms with Crippen molar-refractivity contribution in [1.82, 2.24) is 29.3 Å². The van der Waals surface area contributed by atoms with Gasteiger partial charge in [0.2, 0.25) is 11.8 Å². The summed E-state index contributed by atoms with van der Waals surface area (Å²) in [5.41, 5.74) is 0.494. The maximum Gasteiger partial charge on any atom is 0.269 e. The van der Waals surface area contributed by atoms with Crippen molar-refractivity contribution < 1.29 is 23.0 Å². The molecule has 33 heavy (non-hydrogen) atoms. The van der Waals surface area contributed by atoms with Gasteiger partial charge in [-0.25, -0.2) is 18.3 Å². The highest BCUT2D eigenvalue weighted by atomic mass is 19.1. The number of hydrogen-bond acceptors (Lipinski definition) is 7. The molecule has 1 fully saturated rings. The third-order valence-corrected chi connectivity index (χ3v) is 5.78. The molecule has 2 N–H and O–H groups in total. The van der Waals surface area contributed by atoms with Gasteiger partial charge in [0.1, 0.15) is 11.2 Å². The minimum atomic E-state index is -0.712. The molecule has 1 aliphatic heterocycles. The fourth-order valence-corrected chi connectivity index (χ4v) is 3.84. The number of rotatable bonds is 6. The second-order valence-corrected chi connectivity index (χ2v) is 7.81. The molecule has 0 aromatic carbocycles. The topological polar surface area (TPSA) is 107 Å². The Balaban J connectivity index is 1.64. The predicted octanol–water partition coefficient (Wildman–Crippen LogP) is 2.14. The number of hydrogen-bond donors (Lipinski definition) is 2. The van der Waals surface area contributed by atoms with Crippen molar-refractivity contribution in [2.24, 2.45) is 5.92 Å². The Morgan fingerprint density at radius 2 is 2.09 bits per heavy atom. The van der Waals surface area contributed by atoms with Crippen LogP contribution in [-0.2, 0) is 4.74 Å². The molecule has 12 heteroatoms. The van der Waals surface area contributed by atoms with E-state index in [-0.39, 0.29) is 45.9 Å². The van der Waals surface area contributed by atoms with Crippen molar-refractivity contribution in [2.45, 2.75) is 13.0 Å². The average Bonchev–Trinajstić information content (AvgIpc) is 3.31. The second kappa shape index (κ2) is 7.96. The normalized spacial score (nSPS) is 14.9. The summed E-state index contributed by atoms with van der Waals surface area (Å²) in [6.07, 6.45) is 3.87. The summed E-state index contributed by atoms with van der Waals surface area (Å²) in [4.78, 5) is 20.5. The maximum absolute atomic E-state index is 15.2. The first kappa shape index (κ1) is 21.1. The fraction of sp³-hybridized carbons (Fsp3) is 0.333. The number of fused-ring (bicyclic) bond motifs is 2. The first-order valence-corrected chi connectivity index (χ1v) is 10.3. The second-order valence-electron chi connectivity index (χ2n) is 7.81. The predicted molar refractivity (Wildman–Crippen MR) is 114 cm³/mol. The highest BCUT2D eigenvalue weighted by Gasteiger charge is 2.27. The van der Waals surface area contributed by atoms with Gasteiger partial charge >= 0.3 is 0 Å². The van der Waals surface area contributed by atoms with Crippen LogP contribution in [0, 0.1) is 17.6 Å². The Morgan fingerprint density at radius 3 is 2.76 bits per heavy atom. The van der Waals surface area contributed by atoms with Crippen LogP contribution in [0.1, 0.15) is 17.4 Å². The van der Waals surface area contributed by atoms with Gasteiger partial charge in [-0.05, 0) is 13.0 Å². The van der Waals surface area contributed by atoms with Gasteiger partial charge in [-0.2, -0.15) is 4.98 Å². The molecule has 1 saturated heterocycles. The monoisotopic (exact) mass is 457 g/mol. The number of halogens is 2. The summed E-state index contributed by atoms with van der Waals surface area (Å²) in [7, 11) is 2.86. The smallest absolute Gasteiger partial charge is 0.269 e. The zero-order chi connectivity index (χ0) is 23.3. The van der Waals surface area contributed by atoms with Gasteiger partial charge in [-0.15, -0.1) is 5.10 Å². The molecule has 0 saturated carbocycles. The molecule has 5 heterocycles. The van der Waals surface area contributed by atoms with Gasteiger partial charge in [0.15, 0.2) is 17.3 Å². The molecule has 1 aliphatic rings. The van der Waals surface area contributed by atoms with Crippen LogP contribution >= 0.6 is 0 Å². The van der Waals surface area contributed by atoms with Crippen LogP contribution in [0.25, 0.3) is 22.3 Å². The van der Waals surface area contributed by atoms with Gasteiger partial charge in [0, 0.05) is 30.8 Å². The third kappa shape index (κ3) is 3.42. The van der Waals surface area contributed by atoms with Crippen molar-refractivity contribution in [1.29, 1.82) is 0 Å². The van der Waals surface area contributed by atoms with E-state index in [4.69, 9.17) is 9.47 Å². The van der Waals surface area contributed by atoms with Crippen LogP contribution in [0.2, 0.25) is 0 Å². The summed E-state index contributed by atoms with van der Waals surface area (Å²) < 4.78 is 43.2. The van der Waals surface area contributed by atoms with Crippen LogP contribution in [0.4, 0.5) is 14.7 Å². The lowest BCUT2D eigenvalue weighted by Crippen LogP contribution is -2.40. The van der Waals surface area contributed by atoms with E-state index in [1.165, 1.54) is 41.7 Å². The van der Waals surface area contributed by atoms with E-state index < -0.39 is 17.5 Å². The first-order valence-electron chi connectivity index (χ1n) is 10.3. The highest BCUT2D eigenvalue weighted by molar-refractivity contribution is 5.93. The zero-order valence-electron chi connectivity index (χ0n) is 18.1. The Morgan fingerprint density at radius 1 is 1.30 bits per heavy atom. The molecular weight excluding hydrogens is 436 g/mol. The Kier molecular flexibility index (Phi) is 5.08. The molecule has 0 unspecified atom stereocenters. The minimum Gasteiger partial charge on any atom is -0.479 e. The molecule has 10 nitrogen and oxygen atoms in total. The standard InChI is InChI=1S/C21H21F2N7O3/c1-10(12-8-33-9-12)26-21-27-20(32-3)17-16(14(23)7-30(17)28-21)11-4-13(22)18-25-5-15(19(31)24-2)29(18)6-11/h4-7,10,12H,8-9H2,1-3H3,(H,24,31)(H,26,28)/t10-/m1/s1. The number of nitrogens with one attached hydrogen (secondary N) is 2. The molecule has 1 amide bonds. The van der Waals surface area contributed by atoms with E-state index in [0.29, 0.717) is 19.1 Å². The van der Waals surface area contributed by atoms with E-state index in [1.807, 2.05) is 6.92 Å². The Hall–Kier alpha value is -3.80. The number of carbonyl (C=O) groups is 1. The van der Waals surface area contributed by atoms with Crippen molar-refractivity contribution >= 4 is 23.0 Å². The largest absolute Gasteiger partial charge is 0.479 e. The molecule has 0 bridgehead atoms. The maximum atomic E-state index is 15.2. The number of imidazole rings is 1. The van der Waals surface area contributed by atoms with E-state index in [0.717, 1.165) is 6.07 Å². The Bertz CT molecular complexity index is 1380. The zero-order valence-corrected chi connectivity index (χ0v) is 18.1. The summed E-state index contributed by atoms with van der Waals surface area (Å²) >= 11 is 0. The molecular formula is C21H21F2N7O3. The lowest BCUT2D eigenvalue weighted by atomic mass is 10.0.